The predicted molar refractivity (Wildman–Crippen MR) is 56.1 cm³/mol. The second-order valence-corrected chi connectivity index (χ2v) is 5.14. The van der Waals surface area contributed by atoms with E-state index in [0.29, 0.717) is 6.54 Å². The molecular weight excluding hydrogens is 196 g/mol. The van der Waals surface area contributed by atoms with Crippen molar-refractivity contribution in [2.24, 2.45) is 16.6 Å². The van der Waals surface area contributed by atoms with Crippen molar-refractivity contribution in [2.45, 2.75) is 39.7 Å². The smallest absolute Gasteiger partial charge is 0.328 e. The molecule has 0 saturated carbocycles. The zero-order chi connectivity index (χ0) is 11.6. The largest absolute Gasteiger partial charge is 0.480 e. The van der Waals surface area contributed by atoms with Gasteiger partial charge in [0.15, 0.2) is 6.04 Å². The molecule has 2 atom stereocenters. The Morgan fingerprint density at radius 1 is 1.47 bits per heavy atom. The van der Waals surface area contributed by atoms with Crippen LogP contribution in [0, 0.1) is 16.2 Å². The fraction of sp³-hybridized carbons (Fsp3) is 0.900. The number of hydrogen-bond acceptors (Lipinski definition) is 3. The molecule has 1 fully saturated rings. The van der Waals surface area contributed by atoms with Crippen LogP contribution in [0.25, 0.3) is 0 Å². The normalized spacial score (nSPS) is 27.5. The minimum atomic E-state index is -0.950. The van der Waals surface area contributed by atoms with Gasteiger partial charge in [-0.05, 0) is 24.2 Å². The van der Waals surface area contributed by atoms with Crippen molar-refractivity contribution in [3.63, 3.8) is 0 Å². The van der Waals surface area contributed by atoms with E-state index in [-0.39, 0.29) is 11.3 Å². The summed E-state index contributed by atoms with van der Waals surface area (Å²) in [5.74, 6) is -0.976. The molecule has 1 aliphatic rings. The number of hydrogen-bond donors (Lipinski definition) is 1. The van der Waals surface area contributed by atoms with Gasteiger partial charge >= 0.3 is 5.97 Å². The van der Waals surface area contributed by atoms with Crippen molar-refractivity contribution < 1.29 is 9.90 Å². The first kappa shape index (κ1) is 11.9. The number of nitrogens with zero attached hydrogens (tertiary/aromatic N) is 2. The maximum Gasteiger partial charge on any atom is 0.328 e. The van der Waals surface area contributed by atoms with Crippen LogP contribution >= 0.6 is 0 Å². The minimum absolute atomic E-state index is 0.0264. The quantitative estimate of drug-likeness (QED) is 0.712. The van der Waals surface area contributed by atoms with E-state index in [4.69, 9.17) is 5.11 Å². The molecule has 5 heteroatoms. The summed E-state index contributed by atoms with van der Waals surface area (Å²) in [7, 11) is 0. The Hall–Kier alpha value is -1.13. The van der Waals surface area contributed by atoms with Gasteiger partial charge in [-0.2, -0.15) is 0 Å². The molecule has 0 aromatic carbocycles. The highest BCUT2D eigenvalue weighted by Crippen LogP contribution is 2.37. The number of piperidine rings is 1. The number of rotatable bonds is 2. The van der Waals surface area contributed by atoms with Crippen LogP contribution in [-0.4, -0.2) is 28.7 Å². The van der Waals surface area contributed by atoms with Gasteiger partial charge in [-0.25, -0.2) is 9.80 Å². The highest BCUT2D eigenvalue weighted by atomic mass is 16.4. The van der Waals surface area contributed by atoms with Crippen molar-refractivity contribution in [3.8, 4) is 0 Å². The highest BCUT2D eigenvalue weighted by molar-refractivity contribution is 5.74. The average Bonchev–Trinajstić information content (AvgIpc) is 2.15. The molecule has 1 saturated heterocycles. The summed E-state index contributed by atoms with van der Waals surface area (Å²) in [6, 6.07) is -0.767. The average molecular weight is 214 g/mol. The Bertz CT molecular complexity index is 260. The molecule has 0 amide bonds. The van der Waals surface area contributed by atoms with E-state index in [9.17, 15) is 9.70 Å². The lowest BCUT2D eigenvalue weighted by Gasteiger charge is -2.41. The Balaban J connectivity index is 2.94. The predicted octanol–water partition coefficient (Wildman–Crippen LogP) is 1.88. The van der Waals surface area contributed by atoms with Crippen molar-refractivity contribution in [1.29, 1.82) is 0 Å². The summed E-state index contributed by atoms with van der Waals surface area (Å²) in [6.07, 6.45) is 1.67. The van der Waals surface area contributed by atoms with Crippen LogP contribution in [0.2, 0.25) is 0 Å². The SMILES string of the molecule is CC(C)(C)C1CCCN(N=O)C1C(=O)O. The fourth-order valence-corrected chi connectivity index (χ4v) is 2.28. The summed E-state index contributed by atoms with van der Waals surface area (Å²) in [5.41, 5.74) is -0.119. The summed E-state index contributed by atoms with van der Waals surface area (Å²) in [5, 5.41) is 13.1. The number of carbonyl (C=O) groups is 1. The summed E-state index contributed by atoms with van der Waals surface area (Å²) < 4.78 is 0. The van der Waals surface area contributed by atoms with Gasteiger partial charge in [0.25, 0.3) is 0 Å². The van der Waals surface area contributed by atoms with E-state index in [1.54, 1.807) is 0 Å². The Morgan fingerprint density at radius 3 is 2.47 bits per heavy atom. The van der Waals surface area contributed by atoms with Crippen molar-refractivity contribution in [1.82, 2.24) is 5.01 Å². The topological polar surface area (TPSA) is 70.0 Å². The summed E-state index contributed by atoms with van der Waals surface area (Å²) >= 11 is 0. The zero-order valence-corrected chi connectivity index (χ0v) is 9.43. The second kappa shape index (κ2) is 4.16. The summed E-state index contributed by atoms with van der Waals surface area (Å²) in [6.45, 7) is 6.46. The zero-order valence-electron chi connectivity index (χ0n) is 9.43. The van der Waals surface area contributed by atoms with E-state index in [1.807, 2.05) is 20.8 Å². The van der Waals surface area contributed by atoms with E-state index in [1.165, 1.54) is 5.01 Å². The number of nitroso groups, excluding NO2 is 1. The molecular formula is C10H18N2O3. The molecule has 1 heterocycles. The standard InChI is InChI=1S/C10H18N2O3/c1-10(2,3)7-5-4-6-12(11-15)8(7)9(13)14/h7-8H,4-6H2,1-3H3,(H,13,14). The Kier molecular flexibility index (Phi) is 3.31. The van der Waals surface area contributed by atoms with Gasteiger partial charge in [-0.1, -0.05) is 20.8 Å². The molecule has 1 aliphatic heterocycles. The molecule has 1 N–H and O–H groups in total. The van der Waals surface area contributed by atoms with Crippen LogP contribution in [-0.2, 0) is 4.79 Å². The third-order valence-corrected chi connectivity index (χ3v) is 3.07. The molecule has 0 aromatic heterocycles. The molecule has 86 valence electrons. The number of carboxylic acid groups (broad SMARTS) is 1. The third kappa shape index (κ3) is 2.46. The van der Waals surface area contributed by atoms with Crippen LogP contribution < -0.4 is 0 Å². The Morgan fingerprint density at radius 2 is 2.07 bits per heavy atom. The van der Waals surface area contributed by atoms with Crippen LogP contribution in [0.4, 0.5) is 0 Å². The van der Waals surface area contributed by atoms with Gasteiger partial charge in [0, 0.05) is 6.54 Å². The van der Waals surface area contributed by atoms with Gasteiger partial charge in [0.1, 0.15) is 0 Å². The molecule has 5 nitrogen and oxygen atoms in total. The van der Waals surface area contributed by atoms with E-state index in [0.717, 1.165) is 12.8 Å². The van der Waals surface area contributed by atoms with E-state index >= 15 is 0 Å². The highest BCUT2D eigenvalue weighted by Gasteiger charge is 2.43. The van der Waals surface area contributed by atoms with Gasteiger partial charge in [0.2, 0.25) is 0 Å². The minimum Gasteiger partial charge on any atom is -0.480 e. The lowest BCUT2D eigenvalue weighted by Crippen LogP contribution is -2.51. The lowest BCUT2D eigenvalue weighted by atomic mass is 9.72. The first-order chi connectivity index (χ1) is 6.88. The van der Waals surface area contributed by atoms with E-state index in [2.05, 4.69) is 5.29 Å². The molecule has 2 unspecified atom stereocenters. The second-order valence-electron chi connectivity index (χ2n) is 5.14. The van der Waals surface area contributed by atoms with Crippen molar-refractivity contribution in [3.05, 3.63) is 4.91 Å². The van der Waals surface area contributed by atoms with Crippen LogP contribution in [0.1, 0.15) is 33.6 Å². The van der Waals surface area contributed by atoms with Crippen LogP contribution in [0.15, 0.2) is 5.29 Å². The maximum absolute atomic E-state index is 11.1. The van der Waals surface area contributed by atoms with Gasteiger partial charge in [-0.3, -0.25) is 0 Å². The molecule has 15 heavy (non-hydrogen) atoms. The molecule has 0 bridgehead atoms. The van der Waals surface area contributed by atoms with Gasteiger partial charge in [0.05, 0.1) is 5.29 Å². The lowest BCUT2D eigenvalue weighted by molar-refractivity contribution is -0.150. The molecule has 0 aromatic rings. The van der Waals surface area contributed by atoms with Crippen LogP contribution in [0.3, 0.4) is 0 Å². The van der Waals surface area contributed by atoms with Gasteiger partial charge < -0.3 is 5.11 Å². The Labute approximate surface area is 89.4 Å². The molecule has 0 aliphatic carbocycles. The third-order valence-electron chi connectivity index (χ3n) is 3.07. The monoisotopic (exact) mass is 214 g/mol. The fourth-order valence-electron chi connectivity index (χ4n) is 2.28. The van der Waals surface area contributed by atoms with E-state index < -0.39 is 12.0 Å². The van der Waals surface area contributed by atoms with Crippen molar-refractivity contribution in [2.75, 3.05) is 6.54 Å². The van der Waals surface area contributed by atoms with Gasteiger partial charge in [-0.15, -0.1) is 4.91 Å². The maximum atomic E-state index is 11.1. The molecule has 0 spiro atoms. The number of carboxylic acids is 1. The van der Waals surface area contributed by atoms with Crippen LogP contribution in [0.5, 0.6) is 0 Å². The summed E-state index contributed by atoms with van der Waals surface area (Å²) in [4.78, 5) is 21.7. The first-order valence-electron chi connectivity index (χ1n) is 5.20. The molecule has 0 radical (unpaired) electrons. The first-order valence-corrected chi connectivity index (χ1v) is 5.20. The number of aliphatic carboxylic acids is 1. The molecule has 1 rings (SSSR count). The van der Waals surface area contributed by atoms with Crippen molar-refractivity contribution >= 4 is 5.97 Å².